The minimum atomic E-state index is -0.545. The van der Waals surface area contributed by atoms with Crippen LogP contribution in [0.2, 0.25) is 10.0 Å². The molecule has 8 nitrogen and oxygen atoms in total. The summed E-state index contributed by atoms with van der Waals surface area (Å²) in [6.45, 7) is 6.42. The number of aromatic nitrogens is 3. The molecule has 5 rings (SSSR count). The molecule has 1 aliphatic rings. The number of carbonyl (C=O) groups excluding carboxylic acids is 1. The van der Waals surface area contributed by atoms with Crippen molar-refractivity contribution in [3.8, 4) is 11.5 Å². The zero-order valence-corrected chi connectivity index (χ0v) is 23.2. The van der Waals surface area contributed by atoms with Crippen LogP contribution >= 0.6 is 23.2 Å². The van der Waals surface area contributed by atoms with Crippen molar-refractivity contribution >= 4 is 40.7 Å². The number of fused-ring (bicyclic) bond motifs is 1. The smallest absolute Gasteiger partial charge is 0.255 e. The van der Waals surface area contributed by atoms with Crippen LogP contribution in [-0.2, 0) is 11.4 Å². The molecule has 1 aliphatic heterocycles. The molecule has 0 saturated heterocycles. The van der Waals surface area contributed by atoms with Crippen LogP contribution in [0.1, 0.15) is 36.6 Å². The number of allylic oxidation sites excluding steroid dienone is 1. The number of benzene rings is 3. The van der Waals surface area contributed by atoms with Crippen LogP contribution < -0.4 is 20.1 Å². The van der Waals surface area contributed by atoms with Gasteiger partial charge in [-0.05, 0) is 67.8 Å². The maximum Gasteiger partial charge on any atom is 0.255 e. The fourth-order valence-electron chi connectivity index (χ4n) is 4.47. The predicted octanol–water partition coefficient (Wildman–Crippen LogP) is 6.80. The Balaban J connectivity index is 1.49. The van der Waals surface area contributed by atoms with Crippen LogP contribution in [-0.4, -0.2) is 27.3 Å². The second-order valence-electron chi connectivity index (χ2n) is 9.04. The van der Waals surface area contributed by atoms with Gasteiger partial charge in [-0.1, -0.05) is 53.5 Å². The zero-order chi connectivity index (χ0) is 27.5. The fraction of sp³-hybridized carbons (Fsp3) is 0.207. The molecule has 4 aromatic rings. The molecular formula is C29H27Cl2N5O3. The third-order valence-corrected chi connectivity index (χ3v) is 7.13. The van der Waals surface area contributed by atoms with Crippen molar-refractivity contribution in [1.29, 1.82) is 0 Å². The van der Waals surface area contributed by atoms with Gasteiger partial charge in [0.1, 0.15) is 19.0 Å². The number of hydrogen-bond donors (Lipinski definition) is 2. The monoisotopic (exact) mass is 563 g/mol. The summed E-state index contributed by atoms with van der Waals surface area (Å²) < 4.78 is 13.7. The summed E-state index contributed by atoms with van der Waals surface area (Å²) in [7, 11) is 0. The Morgan fingerprint density at radius 3 is 2.62 bits per heavy atom. The molecule has 1 atom stereocenters. The molecule has 3 aromatic carbocycles. The average molecular weight is 564 g/mol. The summed E-state index contributed by atoms with van der Waals surface area (Å²) in [6, 6.07) is 18.1. The van der Waals surface area contributed by atoms with Crippen molar-refractivity contribution in [2.24, 2.45) is 0 Å². The molecular weight excluding hydrogens is 537 g/mol. The van der Waals surface area contributed by atoms with Crippen molar-refractivity contribution in [3.05, 3.63) is 105 Å². The minimum Gasteiger partial charge on any atom is -0.490 e. The third-order valence-electron chi connectivity index (χ3n) is 6.39. The van der Waals surface area contributed by atoms with Crippen molar-refractivity contribution in [1.82, 2.24) is 14.8 Å². The highest BCUT2D eigenvalue weighted by Gasteiger charge is 2.34. The second kappa shape index (κ2) is 11.4. The van der Waals surface area contributed by atoms with E-state index in [1.54, 1.807) is 16.8 Å². The number of hydrogen-bond acceptors (Lipinski definition) is 6. The van der Waals surface area contributed by atoms with Crippen LogP contribution in [0.15, 0.2) is 78.3 Å². The van der Waals surface area contributed by atoms with E-state index in [0.717, 1.165) is 22.4 Å². The molecule has 39 heavy (non-hydrogen) atoms. The lowest BCUT2D eigenvalue weighted by atomic mass is 9.94. The molecule has 200 valence electrons. The molecule has 0 fully saturated rings. The molecule has 0 radical (unpaired) electrons. The molecule has 2 heterocycles. The van der Waals surface area contributed by atoms with Gasteiger partial charge in [-0.25, -0.2) is 4.68 Å². The number of rotatable bonds is 8. The van der Waals surface area contributed by atoms with Crippen LogP contribution in [0.3, 0.4) is 0 Å². The first kappa shape index (κ1) is 26.6. The summed E-state index contributed by atoms with van der Waals surface area (Å²) in [6.07, 6.45) is 1.46. The number of ether oxygens (including phenoxy) is 2. The third kappa shape index (κ3) is 5.57. The van der Waals surface area contributed by atoms with Crippen LogP contribution in [0.25, 0.3) is 0 Å². The lowest BCUT2D eigenvalue weighted by Crippen LogP contribution is -2.31. The Kier molecular flexibility index (Phi) is 7.77. The van der Waals surface area contributed by atoms with Gasteiger partial charge < -0.3 is 20.1 Å². The Morgan fingerprint density at radius 1 is 1.03 bits per heavy atom. The summed E-state index contributed by atoms with van der Waals surface area (Å²) in [5, 5.41) is 11.6. The van der Waals surface area contributed by atoms with Crippen LogP contribution in [0.5, 0.6) is 11.5 Å². The summed E-state index contributed by atoms with van der Waals surface area (Å²) >= 11 is 12.2. The van der Waals surface area contributed by atoms with E-state index in [1.165, 1.54) is 6.33 Å². The Bertz CT molecular complexity index is 1570. The maximum absolute atomic E-state index is 13.7. The van der Waals surface area contributed by atoms with E-state index in [9.17, 15) is 4.79 Å². The van der Waals surface area contributed by atoms with Gasteiger partial charge in [0, 0.05) is 11.4 Å². The maximum atomic E-state index is 13.7. The lowest BCUT2D eigenvalue weighted by Gasteiger charge is -2.29. The van der Waals surface area contributed by atoms with E-state index in [-0.39, 0.29) is 12.5 Å². The molecule has 0 saturated carbocycles. The van der Waals surface area contributed by atoms with Gasteiger partial charge in [0.2, 0.25) is 5.95 Å². The number of para-hydroxylation sites is 1. The standard InChI is InChI=1S/C29H27Cl2N5O3/c1-4-38-25-14-20(10-12-24(25)39-15-19-9-11-21(30)22(31)13-19)27-26(18(3)34-29-32-16-33-36(27)29)28(37)35-23-8-6-5-7-17(23)2/h5-14,16,27H,4,15H2,1-3H3,(H,35,37)(H,32,33,34)/t27-/m1/s1. The first-order chi connectivity index (χ1) is 18.9. The largest absolute Gasteiger partial charge is 0.490 e. The van der Waals surface area contributed by atoms with Gasteiger partial charge >= 0.3 is 0 Å². The van der Waals surface area contributed by atoms with Crippen molar-refractivity contribution < 1.29 is 14.3 Å². The normalized spacial score (nSPS) is 14.4. The van der Waals surface area contributed by atoms with Gasteiger partial charge in [0.15, 0.2) is 11.5 Å². The summed E-state index contributed by atoms with van der Waals surface area (Å²) in [4.78, 5) is 18.0. The molecule has 0 unspecified atom stereocenters. The highest BCUT2D eigenvalue weighted by molar-refractivity contribution is 6.42. The first-order valence-electron chi connectivity index (χ1n) is 12.4. The van der Waals surface area contributed by atoms with Gasteiger partial charge in [-0.15, -0.1) is 0 Å². The quantitative estimate of drug-likeness (QED) is 0.245. The fourth-order valence-corrected chi connectivity index (χ4v) is 4.79. The van der Waals surface area contributed by atoms with Crippen molar-refractivity contribution in [3.63, 3.8) is 0 Å². The Hall–Kier alpha value is -4.01. The Labute approximate surface area is 236 Å². The Morgan fingerprint density at radius 2 is 1.85 bits per heavy atom. The van der Waals surface area contributed by atoms with E-state index in [2.05, 4.69) is 20.7 Å². The van der Waals surface area contributed by atoms with Crippen molar-refractivity contribution in [2.75, 3.05) is 17.2 Å². The SMILES string of the molecule is CCOc1cc([C@@H]2C(C(=O)Nc3ccccc3C)=C(C)Nc3ncnn32)ccc1OCc1ccc(Cl)c(Cl)c1. The van der Waals surface area contributed by atoms with Gasteiger partial charge in [-0.2, -0.15) is 10.1 Å². The first-order valence-corrected chi connectivity index (χ1v) is 13.2. The van der Waals surface area contributed by atoms with Gasteiger partial charge in [0.25, 0.3) is 5.91 Å². The number of anilines is 2. The minimum absolute atomic E-state index is 0.238. The van der Waals surface area contributed by atoms with Gasteiger partial charge in [0.05, 0.1) is 22.2 Å². The van der Waals surface area contributed by atoms with E-state index in [0.29, 0.717) is 45.4 Å². The number of aryl methyl sites for hydroxylation is 1. The molecule has 10 heteroatoms. The number of carbonyl (C=O) groups is 1. The number of nitrogens with zero attached hydrogens (tertiary/aromatic N) is 3. The van der Waals surface area contributed by atoms with E-state index in [4.69, 9.17) is 32.7 Å². The van der Waals surface area contributed by atoms with E-state index >= 15 is 0 Å². The molecule has 2 N–H and O–H groups in total. The topological polar surface area (TPSA) is 90.3 Å². The summed E-state index contributed by atoms with van der Waals surface area (Å²) in [5.41, 5.74) is 4.57. The lowest BCUT2D eigenvalue weighted by molar-refractivity contribution is -0.113. The van der Waals surface area contributed by atoms with Crippen molar-refractivity contribution in [2.45, 2.75) is 33.4 Å². The predicted molar refractivity (Wildman–Crippen MR) is 153 cm³/mol. The molecule has 1 aromatic heterocycles. The highest BCUT2D eigenvalue weighted by Crippen LogP contribution is 2.39. The second-order valence-corrected chi connectivity index (χ2v) is 9.85. The summed E-state index contributed by atoms with van der Waals surface area (Å²) in [5.74, 6) is 1.42. The number of halogens is 2. The number of nitrogens with one attached hydrogen (secondary N) is 2. The van der Waals surface area contributed by atoms with Crippen LogP contribution in [0.4, 0.5) is 11.6 Å². The molecule has 0 bridgehead atoms. The number of amides is 1. The average Bonchev–Trinajstić information content (AvgIpc) is 3.38. The van der Waals surface area contributed by atoms with E-state index < -0.39 is 6.04 Å². The van der Waals surface area contributed by atoms with Crippen LogP contribution in [0, 0.1) is 6.92 Å². The van der Waals surface area contributed by atoms with E-state index in [1.807, 2.05) is 69.3 Å². The van der Waals surface area contributed by atoms with Gasteiger partial charge in [-0.3, -0.25) is 4.79 Å². The highest BCUT2D eigenvalue weighted by atomic mass is 35.5. The molecule has 1 amide bonds. The molecule has 0 spiro atoms. The molecule has 0 aliphatic carbocycles. The zero-order valence-electron chi connectivity index (χ0n) is 21.7.